The highest BCUT2D eigenvalue weighted by atomic mass is 79.9. The van der Waals surface area contributed by atoms with Crippen LogP contribution in [0.4, 0.5) is 0 Å². The minimum atomic E-state index is -3.74. The molecule has 2 aromatic carbocycles. The molecular formula is C21H17Br2ClN4O4S2. The summed E-state index contributed by atoms with van der Waals surface area (Å²) < 4.78 is 50.4. The minimum Gasteiger partial charge on any atom is -0.325 e. The van der Waals surface area contributed by atoms with Crippen LogP contribution in [0, 0.1) is 0 Å². The fraction of sp³-hybridized carbons (Fsp3) is 0.143. The molecule has 178 valence electrons. The number of hydrogen-bond acceptors (Lipinski definition) is 7. The van der Waals surface area contributed by atoms with E-state index in [0.717, 1.165) is 10.8 Å². The maximum Gasteiger partial charge on any atom is 0.261 e. The van der Waals surface area contributed by atoms with Crippen LogP contribution in [0.2, 0.25) is 0 Å². The van der Waals surface area contributed by atoms with E-state index in [2.05, 4.69) is 41.8 Å². The summed E-state index contributed by atoms with van der Waals surface area (Å²) in [5, 5.41) is 2.74. The Morgan fingerprint density at radius 1 is 0.824 bits per heavy atom. The van der Waals surface area contributed by atoms with Gasteiger partial charge in [0.1, 0.15) is 0 Å². The van der Waals surface area contributed by atoms with Gasteiger partial charge in [-0.3, -0.25) is 9.97 Å². The van der Waals surface area contributed by atoms with Crippen molar-refractivity contribution in [1.29, 1.82) is 0 Å². The molecule has 0 saturated carbocycles. The summed E-state index contributed by atoms with van der Waals surface area (Å²) in [5.74, 6) is 0. The molecule has 0 bridgehead atoms. The summed E-state index contributed by atoms with van der Waals surface area (Å²) in [6.07, 6.45) is 6.38. The van der Waals surface area contributed by atoms with Gasteiger partial charge in [-0.1, -0.05) is 24.3 Å². The van der Waals surface area contributed by atoms with E-state index < -0.39 is 19.1 Å². The van der Waals surface area contributed by atoms with E-state index in [-0.39, 0.29) is 10.9 Å². The second-order valence-electron chi connectivity index (χ2n) is 7.47. The van der Waals surface area contributed by atoms with E-state index in [1.165, 1.54) is 16.6 Å². The lowest BCUT2D eigenvalue weighted by molar-refractivity contribution is 0.266. The molecule has 0 atom stereocenters. The number of fused-ring (bicyclic) bond motifs is 2. The average Bonchev–Trinajstić information content (AvgIpc) is 2.76. The molecule has 3 heterocycles. The number of pyridine rings is 2. The van der Waals surface area contributed by atoms with E-state index in [4.69, 9.17) is 16.4 Å². The summed E-state index contributed by atoms with van der Waals surface area (Å²) in [7, 11) is -1.89. The van der Waals surface area contributed by atoms with Crippen molar-refractivity contribution in [1.82, 2.24) is 14.3 Å². The van der Waals surface area contributed by atoms with Crippen LogP contribution in [0.25, 0.3) is 21.5 Å². The molecule has 34 heavy (non-hydrogen) atoms. The third-order valence-corrected chi connectivity index (χ3v) is 9.60. The van der Waals surface area contributed by atoms with Crippen molar-refractivity contribution < 1.29 is 16.8 Å². The van der Waals surface area contributed by atoms with Crippen LogP contribution in [-0.2, 0) is 19.1 Å². The molecule has 0 amide bonds. The van der Waals surface area contributed by atoms with Crippen LogP contribution in [0.1, 0.15) is 0 Å². The van der Waals surface area contributed by atoms with Crippen molar-refractivity contribution in [2.75, 3.05) is 13.1 Å². The van der Waals surface area contributed by atoms with Crippen LogP contribution in [-0.4, -0.2) is 50.2 Å². The van der Waals surface area contributed by atoms with Gasteiger partial charge in [0.05, 0.1) is 9.79 Å². The zero-order valence-electron chi connectivity index (χ0n) is 17.3. The quantitative estimate of drug-likeness (QED) is 0.330. The molecule has 2 aromatic heterocycles. The number of hydrogen-bond donors (Lipinski definition) is 1. The Kier molecular flexibility index (Phi) is 7.30. The normalized spacial score (nSPS) is 15.1. The van der Waals surface area contributed by atoms with E-state index in [1.807, 2.05) is 6.07 Å². The topological polar surface area (TPSA) is 123 Å². The zero-order chi connectivity index (χ0) is 24.7. The molecule has 1 saturated heterocycles. The first-order chi connectivity index (χ1) is 16.0. The number of benzene rings is 2. The first-order valence-electron chi connectivity index (χ1n) is 9.75. The van der Waals surface area contributed by atoms with Gasteiger partial charge in [0.15, 0.2) is 0 Å². The zero-order valence-corrected chi connectivity index (χ0v) is 22.8. The third-order valence-electron chi connectivity index (χ3n) is 5.15. The fourth-order valence-electron chi connectivity index (χ4n) is 3.54. The Hall–Kier alpha value is -1.67. The van der Waals surface area contributed by atoms with Crippen LogP contribution in [0.3, 0.4) is 0 Å². The smallest absolute Gasteiger partial charge is 0.261 e. The standard InChI is InChI=1S/C12H12BrN3O2S.C9H5BrClNO2S/c13-10-5-15-4-8-2-1-3-11(12(8)10)19(17,18)16-6-9(14)7-16;10-7-5-12-4-6-2-1-3-8(9(6)7)15(11,13)14/h1-5,9H,6-7,14H2;1-5H. The lowest BCUT2D eigenvalue weighted by Crippen LogP contribution is -2.57. The number of halogens is 3. The predicted molar refractivity (Wildman–Crippen MR) is 139 cm³/mol. The summed E-state index contributed by atoms with van der Waals surface area (Å²) in [6.45, 7) is 0.753. The number of rotatable bonds is 3. The SMILES string of the molecule is NC1CN(S(=O)(=O)c2cccc3cncc(Br)c23)C1.O=S(=O)(Cl)c1cccc2cncc(Br)c12. The van der Waals surface area contributed by atoms with Crippen LogP contribution in [0.5, 0.6) is 0 Å². The monoisotopic (exact) mass is 646 g/mol. The maximum absolute atomic E-state index is 12.6. The number of aromatic nitrogens is 2. The molecule has 8 nitrogen and oxygen atoms in total. The molecule has 4 aromatic rings. The van der Waals surface area contributed by atoms with Crippen molar-refractivity contribution in [2.45, 2.75) is 15.8 Å². The molecule has 0 unspecified atom stereocenters. The summed E-state index contributed by atoms with van der Waals surface area (Å²) >= 11 is 6.63. The third kappa shape index (κ3) is 4.99. The van der Waals surface area contributed by atoms with Gasteiger partial charge in [0.2, 0.25) is 10.0 Å². The van der Waals surface area contributed by atoms with Crippen LogP contribution in [0.15, 0.2) is 79.9 Å². The molecule has 1 fully saturated rings. The highest BCUT2D eigenvalue weighted by molar-refractivity contribution is 9.11. The molecule has 2 N–H and O–H groups in total. The minimum absolute atomic E-state index is 0.0603. The van der Waals surface area contributed by atoms with Crippen molar-refractivity contribution in [3.05, 3.63) is 70.1 Å². The van der Waals surface area contributed by atoms with Crippen molar-refractivity contribution in [3.63, 3.8) is 0 Å². The summed E-state index contributed by atoms with van der Waals surface area (Å²) in [4.78, 5) is 8.39. The lowest BCUT2D eigenvalue weighted by Gasteiger charge is -2.35. The first kappa shape index (κ1) is 25.4. The van der Waals surface area contributed by atoms with E-state index in [9.17, 15) is 16.8 Å². The predicted octanol–water partition coefficient (Wildman–Crippen LogP) is 4.25. The largest absolute Gasteiger partial charge is 0.325 e. The molecular weight excluding hydrogens is 632 g/mol. The Balaban J connectivity index is 0.000000166. The Morgan fingerprint density at radius 3 is 1.76 bits per heavy atom. The maximum atomic E-state index is 12.6. The number of nitrogens with zero attached hydrogens (tertiary/aromatic N) is 3. The van der Waals surface area contributed by atoms with Crippen LogP contribution >= 0.6 is 42.5 Å². The molecule has 5 rings (SSSR count). The Morgan fingerprint density at radius 2 is 1.29 bits per heavy atom. The second-order valence-corrected chi connectivity index (χ2v) is 13.6. The summed E-state index contributed by atoms with van der Waals surface area (Å²) in [5.41, 5.74) is 5.66. The highest BCUT2D eigenvalue weighted by Gasteiger charge is 2.35. The molecule has 0 radical (unpaired) electrons. The summed E-state index contributed by atoms with van der Waals surface area (Å²) in [6, 6.07) is 10.00. The second kappa shape index (κ2) is 9.76. The molecule has 0 spiro atoms. The average molecular weight is 649 g/mol. The van der Waals surface area contributed by atoms with Gasteiger partial charge in [-0.15, -0.1) is 0 Å². The highest BCUT2D eigenvalue weighted by Crippen LogP contribution is 2.33. The van der Waals surface area contributed by atoms with Crippen LogP contribution < -0.4 is 5.73 Å². The van der Waals surface area contributed by atoms with Gasteiger partial charge in [-0.05, 0) is 44.0 Å². The van der Waals surface area contributed by atoms with Crippen molar-refractivity contribution >= 4 is 83.2 Å². The van der Waals surface area contributed by atoms with Gasteiger partial charge >= 0.3 is 0 Å². The number of nitrogens with two attached hydrogens (primary N) is 1. The molecule has 1 aliphatic heterocycles. The van der Waals surface area contributed by atoms with Crippen molar-refractivity contribution in [3.8, 4) is 0 Å². The Bertz CT molecular complexity index is 1600. The first-order valence-corrected chi connectivity index (χ1v) is 15.1. The van der Waals surface area contributed by atoms with E-state index in [1.54, 1.807) is 42.9 Å². The molecule has 13 heteroatoms. The van der Waals surface area contributed by atoms with Gasteiger partial charge in [0, 0.05) is 85.1 Å². The molecule has 1 aliphatic rings. The van der Waals surface area contributed by atoms with Gasteiger partial charge in [0.25, 0.3) is 9.05 Å². The molecule has 0 aliphatic carbocycles. The fourth-order valence-corrected chi connectivity index (χ4v) is 7.81. The Labute approximate surface area is 217 Å². The van der Waals surface area contributed by atoms with E-state index in [0.29, 0.717) is 37.7 Å². The van der Waals surface area contributed by atoms with Crippen molar-refractivity contribution in [2.24, 2.45) is 5.73 Å². The number of sulfonamides is 1. The van der Waals surface area contributed by atoms with Gasteiger partial charge in [-0.2, -0.15) is 4.31 Å². The lowest BCUT2D eigenvalue weighted by atomic mass is 10.2. The van der Waals surface area contributed by atoms with E-state index >= 15 is 0 Å². The van der Waals surface area contributed by atoms with Gasteiger partial charge < -0.3 is 5.73 Å². The van der Waals surface area contributed by atoms with Gasteiger partial charge in [-0.25, -0.2) is 16.8 Å².